The summed E-state index contributed by atoms with van der Waals surface area (Å²) in [5.74, 6) is -1.55. The number of hydrogen-bond acceptors (Lipinski definition) is 2. The molecule has 0 aliphatic heterocycles. The molecule has 0 saturated heterocycles. The second kappa shape index (κ2) is 7.49. The third-order valence-corrected chi connectivity index (χ3v) is 3.17. The van der Waals surface area contributed by atoms with E-state index in [4.69, 9.17) is 0 Å². The van der Waals surface area contributed by atoms with Crippen LogP contribution in [0.5, 0.6) is 0 Å². The Morgan fingerprint density at radius 3 is 2.35 bits per heavy atom. The van der Waals surface area contributed by atoms with Gasteiger partial charge in [0.2, 0.25) is 11.8 Å². The molecule has 0 atom stereocenters. The fourth-order valence-corrected chi connectivity index (χ4v) is 2.03. The van der Waals surface area contributed by atoms with Crippen LogP contribution < -0.4 is 5.32 Å². The molecule has 0 spiro atoms. The van der Waals surface area contributed by atoms with Crippen LogP contribution >= 0.6 is 0 Å². The quantitative estimate of drug-likeness (QED) is 0.921. The maximum atomic E-state index is 13.1. The number of halogens is 2. The molecule has 2 amide bonds. The van der Waals surface area contributed by atoms with Crippen LogP contribution in [-0.2, 0) is 16.1 Å². The number of carbonyl (C=O) groups is 2. The van der Waals surface area contributed by atoms with E-state index in [-0.39, 0.29) is 24.8 Å². The van der Waals surface area contributed by atoms with E-state index >= 15 is 0 Å². The van der Waals surface area contributed by atoms with Gasteiger partial charge in [-0.25, -0.2) is 8.78 Å². The zero-order chi connectivity index (χ0) is 16.8. The highest BCUT2D eigenvalue weighted by molar-refractivity contribution is 5.94. The Morgan fingerprint density at radius 2 is 1.74 bits per heavy atom. The predicted octanol–water partition coefficient (Wildman–Crippen LogP) is 2.95. The molecule has 0 fully saturated rings. The number of anilines is 1. The minimum Gasteiger partial charge on any atom is -0.329 e. The molecule has 1 N–H and O–H groups in total. The Balaban J connectivity index is 1.99. The summed E-state index contributed by atoms with van der Waals surface area (Å²) in [5, 5.41) is 2.53. The molecular weight excluding hydrogens is 302 g/mol. The maximum Gasteiger partial charge on any atom is 0.244 e. The van der Waals surface area contributed by atoms with Crippen LogP contribution in [0.15, 0.2) is 48.5 Å². The van der Waals surface area contributed by atoms with E-state index in [1.54, 1.807) is 18.2 Å². The van der Waals surface area contributed by atoms with Gasteiger partial charge in [-0.2, -0.15) is 0 Å². The number of nitrogens with one attached hydrogen (secondary N) is 1. The second-order valence-electron chi connectivity index (χ2n) is 5.06. The Labute approximate surface area is 132 Å². The van der Waals surface area contributed by atoms with E-state index < -0.39 is 11.7 Å². The predicted molar refractivity (Wildman–Crippen MR) is 82.5 cm³/mol. The van der Waals surface area contributed by atoms with Crippen molar-refractivity contribution in [2.24, 2.45) is 0 Å². The lowest BCUT2D eigenvalue weighted by atomic mass is 10.2. The fourth-order valence-electron chi connectivity index (χ4n) is 2.03. The Kier molecular flexibility index (Phi) is 5.41. The molecule has 2 aromatic rings. The number of amides is 2. The van der Waals surface area contributed by atoms with E-state index in [0.717, 1.165) is 0 Å². The topological polar surface area (TPSA) is 49.4 Å². The van der Waals surface area contributed by atoms with E-state index in [0.29, 0.717) is 11.3 Å². The lowest BCUT2D eigenvalue weighted by Gasteiger charge is -2.20. The van der Waals surface area contributed by atoms with Crippen molar-refractivity contribution in [1.82, 2.24) is 4.90 Å². The number of benzene rings is 2. The summed E-state index contributed by atoms with van der Waals surface area (Å²) in [6.45, 7) is 1.36. The summed E-state index contributed by atoms with van der Waals surface area (Å²) in [6.07, 6.45) is 0. The largest absolute Gasteiger partial charge is 0.329 e. The second-order valence-corrected chi connectivity index (χ2v) is 5.06. The van der Waals surface area contributed by atoms with Crippen LogP contribution in [0.4, 0.5) is 14.5 Å². The highest BCUT2D eigenvalue weighted by Gasteiger charge is 2.14. The molecule has 2 rings (SSSR count). The molecule has 0 saturated carbocycles. The lowest BCUT2D eigenvalue weighted by Crippen LogP contribution is -2.36. The van der Waals surface area contributed by atoms with Crippen molar-refractivity contribution in [2.75, 3.05) is 11.9 Å². The first-order valence-electron chi connectivity index (χ1n) is 6.99. The van der Waals surface area contributed by atoms with Crippen LogP contribution in [0, 0.1) is 11.6 Å². The summed E-state index contributed by atoms with van der Waals surface area (Å²) in [5.41, 5.74) is 1.03. The summed E-state index contributed by atoms with van der Waals surface area (Å²) < 4.78 is 26.0. The Hall–Kier alpha value is -2.76. The standard InChI is InChI=1S/C17H16F2N2O2/c1-12(22)21(10-13-5-7-14(18)8-6-13)11-17(23)20-16-4-2-3-15(19)9-16/h2-9H,10-11H2,1H3,(H,20,23). The third kappa shape index (κ3) is 5.18. The molecule has 0 aliphatic rings. The normalized spacial score (nSPS) is 10.2. The van der Waals surface area contributed by atoms with Crippen LogP contribution in [0.2, 0.25) is 0 Å². The smallest absolute Gasteiger partial charge is 0.244 e. The Bertz CT molecular complexity index is 702. The molecule has 0 unspecified atom stereocenters. The number of nitrogens with zero attached hydrogens (tertiary/aromatic N) is 1. The fraction of sp³-hybridized carbons (Fsp3) is 0.176. The molecule has 2 aromatic carbocycles. The maximum absolute atomic E-state index is 13.1. The van der Waals surface area contributed by atoms with Crippen molar-refractivity contribution in [1.29, 1.82) is 0 Å². The van der Waals surface area contributed by atoms with E-state index in [2.05, 4.69) is 5.32 Å². The summed E-state index contributed by atoms with van der Waals surface area (Å²) >= 11 is 0. The molecule has 0 radical (unpaired) electrons. The molecular formula is C17H16F2N2O2. The van der Waals surface area contributed by atoms with Gasteiger partial charge in [-0.3, -0.25) is 9.59 Å². The zero-order valence-electron chi connectivity index (χ0n) is 12.6. The molecule has 0 bridgehead atoms. The minimum absolute atomic E-state index is 0.177. The first kappa shape index (κ1) is 16.6. The van der Waals surface area contributed by atoms with Gasteiger partial charge in [-0.1, -0.05) is 18.2 Å². The average molecular weight is 318 g/mol. The molecule has 6 heteroatoms. The van der Waals surface area contributed by atoms with Gasteiger partial charge < -0.3 is 10.2 Å². The summed E-state index contributed by atoms with van der Waals surface area (Å²) in [7, 11) is 0. The number of carbonyl (C=O) groups excluding carboxylic acids is 2. The summed E-state index contributed by atoms with van der Waals surface area (Å²) in [4.78, 5) is 25.0. The van der Waals surface area contributed by atoms with E-state index in [9.17, 15) is 18.4 Å². The van der Waals surface area contributed by atoms with Crippen molar-refractivity contribution in [2.45, 2.75) is 13.5 Å². The highest BCUT2D eigenvalue weighted by atomic mass is 19.1. The van der Waals surface area contributed by atoms with E-state index in [1.165, 1.54) is 42.2 Å². The average Bonchev–Trinajstić information content (AvgIpc) is 2.48. The van der Waals surface area contributed by atoms with Crippen LogP contribution in [0.3, 0.4) is 0 Å². The van der Waals surface area contributed by atoms with Crippen LogP contribution in [-0.4, -0.2) is 23.3 Å². The first-order valence-corrected chi connectivity index (χ1v) is 6.99. The van der Waals surface area contributed by atoms with Gasteiger partial charge >= 0.3 is 0 Å². The van der Waals surface area contributed by atoms with Gasteiger partial charge in [-0.05, 0) is 35.9 Å². The van der Waals surface area contributed by atoms with Crippen molar-refractivity contribution < 1.29 is 18.4 Å². The number of rotatable bonds is 5. The molecule has 0 aromatic heterocycles. The lowest BCUT2D eigenvalue weighted by molar-refractivity contribution is -0.133. The van der Waals surface area contributed by atoms with Crippen LogP contribution in [0.1, 0.15) is 12.5 Å². The van der Waals surface area contributed by atoms with Crippen molar-refractivity contribution >= 4 is 17.5 Å². The van der Waals surface area contributed by atoms with Gasteiger partial charge in [0, 0.05) is 19.2 Å². The molecule has 120 valence electrons. The molecule has 4 nitrogen and oxygen atoms in total. The third-order valence-electron chi connectivity index (χ3n) is 3.17. The Morgan fingerprint density at radius 1 is 1.04 bits per heavy atom. The van der Waals surface area contributed by atoms with Gasteiger partial charge in [0.15, 0.2) is 0 Å². The monoisotopic (exact) mass is 318 g/mol. The number of hydrogen-bond donors (Lipinski definition) is 1. The van der Waals surface area contributed by atoms with Gasteiger partial charge in [0.05, 0.1) is 0 Å². The zero-order valence-corrected chi connectivity index (χ0v) is 12.6. The van der Waals surface area contributed by atoms with Gasteiger partial charge in [0.25, 0.3) is 0 Å². The van der Waals surface area contributed by atoms with E-state index in [1.807, 2.05) is 0 Å². The van der Waals surface area contributed by atoms with Crippen LogP contribution in [0.25, 0.3) is 0 Å². The van der Waals surface area contributed by atoms with Gasteiger partial charge in [-0.15, -0.1) is 0 Å². The minimum atomic E-state index is -0.461. The SMILES string of the molecule is CC(=O)N(CC(=O)Nc1cccc(F)c1)Cc1ccc(F)cc1. The van der Waals surface area contributed by atoms with Gasteiger partial charge in [0.1, 0.15) is 18.2 Å². The molecule has 0 aliphatic carbocycles. The highest BCUT2D eigenvalue weighted by Crippen LogP contribution is 2.10. The molecule has 23 heavy (non-hydrogen) atoms. The van der Waals surface area contributed by atoms with Crippen molar-refractivity contribution in [3.8, 4) is 0 Å². The van der Waals surface area contributed by atoms with Crippen molar-refractivity contribution in [3.63, 3.8) is 0 Å². The molecule has 0 heterocycles. The van der Waals surface area contributed by atoms with Crippen molar-refractivity contribution in [3.05, 3.63) is 65.7 Å². The first-order chi connectivity index (χ1) is 10.9. The summed E-state index contributed by atoms with van der Waals surface area (Å²) in [6, 6.07) is 11.2.